The third-order valence-corrected chi connectivity index (χ3v) is 3.89. The molecule has 1 heterocycles. The topological polar surface area (TPSA) is 79.0 Å². The maximum atomic E-state index is 11.7. The number of hydrogen-bond donors (Lipinski definition) is 3. The fourth-order valence-electron chi connectivity index (χ4n) is 2.58. The summed E-state index contributed by atoms with van der Waals surface area (Å²) < 4.78 is 4.89. The number of nitrogens with one attached hydrogen (secondary N) is 3. The number of ether oxygens (including phenoxy) is 1. The molecule has 3 N–H and O–H groups in total. The number of H-pyrrole nitrogens is 1. The van der Waals surface area contributed by atoms with Crippen molar-refractivity contribution in [3.8, 4) is 0 Å². The fraction of sp³-hybridized carbons (Fsp3) is 0.263. The summed E-state index contributed by atoms with van der Waals surface area (Å²) in [5.41, 5.74) is 4.03. The van der Waals surface area contributed by atoms with E-state index in [9.17, 15) is 4.79 Å². The Morgan fingerprint density at radius 3 is 2.68 bits per heavy atom. The van der Waals surface area contributed by atoms with Crippen molar-refractivity contribution in [2.45, 2.75) is 12.8 Å². The molecule has 0 saturated carbocycles. The number of hydrogen-bond acceptors (Lipinski definition) is 3. The molecule has 0 aliphatic carbocycles. The molecular weight excluding hydrogens is 316 g/mol. The van der Waals surface area contributed by atoms with Gasteiger partial charge in [0.25, 0.3) is 0 Å². The quantitative estimate of drug-likeness (QED) is 0.579. The van der Waals surface area contributed by atoms with E-state index in [4.69, 9.17) is 4.74 Å². The minimum absolute atomic E-state index is 0.230. The Bertz CT molecular complexity index is 794. The van der Waals surface area contributed by atoms with Gasteiger partial charge in [-0.1, -0.05) is 24.3 Å². The number of urea groups is 1. The van der Waals surface area contributed by atoms with Gasteiger partial charge in [-0.2, -0.15) is 0 Å². The number of para-hydroxylation sites is 2. The van der Waals surface area contributed by atoms with Crippen LogP contribution in [0.4, 0.5) is 10.5 Å². The highest BCUT2D eigenvalue weighted by Gasteiger charge is 2.04. The predicted octanol–water partition coefficient (Wildman–Crippen LogP) is 3.12. The van der Waals surface area contributed by atoms with Crippen LogP contribution in [-0.2, 0) is 17.6 Å². The summed E-state index contributed by atoms with van der Waals surface area (Å²) in [6.45, 7) is 0.978. The molecule has 0 fully saturated rings. The van der Waals surface area contributed by atoms with E-state index < -0.39 is 0 Å². The van der Waals surface area contributed by atoms with E-state index in [0.29, 0.717) is 13.2 Å². The van der Waals surface area contributed by atoms with Crippen LogP contribution in [0.3, 0.4) is 0 Å². The molecule has 6 nitrogen and oxygen atoms in total. The molecule has 25 heavy (non-hydrogen) atoms. The van der Waals surface area contributed by atoms with Crippen molar-refractivity contribution < 1.29 is 9.53 Å². The van der Waals surface area contributed by atoms with Gasteiger partial charge in [0.05, 0.1) is 17.6 Å². The number of aromatic nitrogens is 2. The monoisotopic (exact) mass is 338 g/mol. The number of nitrogens with zero attached hydrogens (tertiary/aromatic N) is 1. The van der Waals surface area contributed by atoms with Gasteiger partial charge in [0.1, 0.15) is 5.82 Å². The molecule has 2 amide bonds. The maximum absolute atomic E-state index is 11.7. The van der Waals surface area contributed by atoms with Crippen molar-refractivity contribution in [1.29, 1.82) is 0 Å². The smallest absolute Gasteiger partial charge is 0.319 e. The largest absolute Gasteiger partial charge is 0.383 e. The van der Waals surface area contributed by atoms with Gasteiger partial charge in [-0.3, -0.25) is 0 Å². The Balaban J connectivity index is 1.51. The van der Waals surface area contributed by atoms with E-state index in [-0.39, 0.29) is 6.03 Å². The lowest BCUT2D eigenvalue weighted by Gasteiger charge is -2.08. The van der Waals surface area contributed by atoms with Crippen molar-refractivity contribution in [3.05, 3.63) is 59.9 Å². The molecule has 130 valence electrons. The summed E-state index contributed by atoms with van der Waals surface area (Å²) in [6, 6.07) is 15.7. The normalized spacial score (nSPS) is 10.8. The van der Waals surface area contributed by atoms with Gasteiger partial charge in [-0.15, -0.1) is 0 Å². The van der Waals surface area contributed by atoms with E-state index in [2.05, 4.69) is 20.6 Å². The zero-order valence-electron chi connectivity index (χ0n) is 14.2. The number of aromatic amines is 1. The molecule has 0 radical (unpaired) electrons. The lowest BCUT2D eigenvalue weighted by molar-refractivity contribution is 0.198. The summed E-state index contributed by atoms with van der Waals surface area (Å²) in [5.74, 6) is 0.987. The minimum atomic E-state index is -0.230. The predicted molar refractivity (Wildman–Crippen MR) is 98.8 cm³/mol. The number of benzene rings is 2. The second kappa shape index (κ2) is 8.30. The first-order chi connectivity index (χ1) is 12.2. The van der Waals surface area contributed by atoms with Crippen molar-refractivity contribution in [2.75, 3.05) is 25.6 Å². The van der Waals surface area contributed by atoms with Crippen LogP contribution in [0.1, 0.15) is 11.4 Å². The van der Waals surface area contributed by atoms with Crippen LogP contribution in [0.15, 0.2) is 48.5 Å². The van der Waals surface area contributed by atoms with Gasteiger partial charge < -0.3 is 20.4 Å². The number of anilines is 1. The zero-order valence-corrected chi connectivity index (χ0v) is 14.2. The number of carbonyl (C=O) groups is 1. The van der Waals surface area contributed by atoms with Crippen LogP contribution < -0.4 is 10.6 Å². The number of aryl methyl sites for hydroxylation is 2. The molecule has 3 aromatic rings. The highest BCUT2D eigenvalue weighted by Crippen LogP contribution is 2.14. The Kier molecular flexibility index (Phi) is 5.64. The first-order valence-electron chi connectivity index (χ1n) is 8.31. The summed E-state index contributed by atoms with van der Waals surface area (Å²) in [5, 5.41) is 5.51. The Morgan fingerprint density at radius 1 is 1.12 bits per heavy atom. The summed E-state index contributed by atoms with van der Waals surface area (Å²) in [6.07, 6.45) is 1.74. The molecule has 1 aromatic heterocycles. The summed E-state index contributed by atoms with van der Waals surface area (Å²) in [7, 11) is 1.60. The molecule has 0 spiro atoms. The van der Waals surface area contributed by atoms with Gasteiger partial charge in [-0.25, -0.2) is 9.78 Å². The lowest BCUT2D eigenvalue weighted by Crippen LogP contribution is -2.31. The van der Waals surface area contributed by atoms with Crippen molar-refractivity contribution in [3.63, 3.8) is 0 Å². The highest BCUT2D eigenvalue weighted by molar-refractivity contribution is 5.89. The van der Waals surface area contributed by atoms with Crippen LogP contribution in [0.2, 0.25) is 0 Å². The second-order valence-electron chi connectivity index (χ2n) is 5.77. The van der Waals surface area contributed by atoms with Crippen LogP contribution >= 0.6 is 0 Å². The van der Waals surface area contributed by atoms with Gasteiger partial charge in [0.2, 0.25) is 0 Å². The molecule has 3 rings (SSSR count). The van der Waals surface area contributed by atoms with Crippen LogP contribution in [-0.4, -0.2) is 36.3 Å². The molecular formula is C19H22N4O2. The van der Waals surface area contributed by atoms with Gasteiger partial charge in [0, 0.05) is 25.8 Å². The zero-order chi connectivity index (χ0) is 17.5. The molecule has 0 unspecified atom stereocenters. The van der Waals surface area contributed by atoms with Crippen LogP contribution in [0, 0.1) is 0 Å². The molecule has 0 saturated heterocycles. The molecule has 0 aliphatic rings. The van der Waals surface area contributed by atoms with Crippen LogP contribution in [0.25, 0.3) is 11.0 Å². The van der Waals surface area contributed by atoms with Gasteiger partial charge >= 0.3 is 6.03 Å². The summed E-state index contributed by atoms with van der Waals surface area (Å²) >= 11 is 0. The third-order valence-electron chi connectivity index (χ3n) is 3.89. The number of methoxy groups -OCH3 is 1. The van der Waals surface area contributed by atoms with E-state index in [0.717, 1.165) is 35.4 Å². The number of fused-ring (bicyclic) bond motifs is 1. The van der Waals surface area contributed by atoms with Gasteiger partial charge in [0.15, 0.2) is 0 Å². The highest BCUT2D eigenvalue weighted by atomic mass is 16.5. The van der Waals surface area contributed by atoms with E-state index in [1.807, 2.05) is 48.5 Å². The molecule has 6 heteroatoms. The summed E-state index contributed by atoms with van der Waals surface area (Å²) in [4.78, 5) is 19.6. The number of rotatable bonds is 7. The average molecular weight is 338 g/mol. The molecule has 2 aromatic carbocycles. The SMILES string of the molecule is COCCNC(=O)Nc1ccc(CCc2nc3ccccc3[nH]2)cc1. The van der Waals surface area contributed by atoms with Crippen molar-refractivity contribution in [1.82, 2.24) is 15.3 Å². The number of carbonyl (C=O) groups excluding carboxylic acids is 1. The Labute approximate surface area is 146 Å². The fourth-order valence-corrected chi connectivity index (χ4v) is 2.58. The van der Waals surface area contributed by atoms with Crippen molar-refractivity contribution >= 4 is 22.8 Å². The van der Waals surface area contributed by atoms with Crippen LogP contribution in [0.5, 0.6) is 0 Å². The number of amides is 2. The van der Waals surface area contributed by atoms with E-state index in [1.54, 1.807) is 7.11 Å². The molecule has 0 bridgehead atoms. The third kappa shape index (κ3) is 4.81. The van der Waals surface area contributed by atoms with E-state index in [1.165, 1.54) is 5.56 Å². The first kappa shape index (κ1) is 17.0. The standard InChI is InChI=1S/C19H22N4O2/c1-25-13-12-20-19(24)21-15-9-6-14(7-10-15)8-11-18-22-16-4-2-3-5-17(16)23-18/h2-7,9-10H,8,11-13H2,1H3,(H,22,23)(H2,20,21,24). The average Bonchev–Trinajstić information content (AvgIpc) is 3.04. The lowest BCUT2D eigenvalue weighted by atomic mass is 10.1. The van der Waals surface area contributed by atoms with E-state index >= 15 is 0 Å². The minimum Gasteiger partial charge on any atom is -0.383 e. The first-order valence-corrected chi connectivity index (χ1v) is 8.31. The Hall–Kier alpha value is -2.86. The Morgan fingerprint density at radius 2 is 1.92 bits per heavy atom. The second-order valence-corrected chi connectivity index (χ2v) is 5.77. The van der Waals surface area contributed by atoms with Gasteiger partial charge in [-0.05, 0) is 36.2 Å². The number of imidazole rings is 1. The molecule has 0 aliphatic heterocycles. The maximum Gasteiger partial charge on any atom is 0.319 e. The van der Waals surface area contributed by atoms with Crippen molar-refractivity contribution in [2.24, 2.45) is 0 Å². The molecule has 0 atom stereocenters.